The Hall–Kier alpha value is -0.630. The molecule has 1 nitrogen and oxygen atoms in total. The molecule has 0 saturated carbocycles. The van der Waals surface area contributed by atoms with Crippen molar-refractivity contribution >= 4 is 21.7 Å². The quantitative estimate of drug-likeness (QED) is 0.353. The summed E-state index contributed by atoms with van der Waals surface area (Å²) in [5.41, 5.74) is 1.94. The normalized spacial score (nSPS) is 10.8. The SMILES string of the molecule is CCCCCCCCCCC(=O)c1cccc(Br)c1C. The predicted molar refractivity (Wildman–Crippen MR) is 90.4 cm³/mol. The van der Waals surface area contributed by atoms with E-state index in [1.165, 1.54) is 44.9 Å². The highest BCUT2D eigenvalue weighted by Crippen LogP contribution is 2.21. The van der Waals surface area contributed by atoms with Crippen molar-refractivity contribution in [3.05, 3.63) is 33.8 Å². The van der Waals surface area contributed by atoms with E-state index < -0.39 is 0 Å². The lowest BCUT2D eigenvalue weighted by Crippen LogP contribution is -2.02. The number of benzene rings is 1. The number of rotatable bonds is 10. The second-order valence-electron chi connectivity index (χ2n) is 5.56. The second kappa shape index (κ2) is 10.1. The average molecular weight is 339 g/mol. The molecule has 0 bridgehead atoms. The number of ketones is 1. The van der Waals surface area contributed by atoms with Crippen LogP contribution in [0.4, 0.5) is 0 Å². The molecule has 0 aliphatic heterocycles. The first-order valence-electron chi connectivity index (χ1n) is 7.95. The fourth-order valence-electron chi connectivity index (χ4n) is 2.46. The number of halogens is 1. The molecule has 2 heteroatoms. The molecule has 0 N–H and O–H groups in total. The lowest BCUT2D eigenvalue weighted by molar-refractivity contribution is 0.0978. The summed E-state index contributed by atoms with van der Waals surface area (Å²) in [7, 11) is 0. The van der Waals surface area contributed by atoms with Gasteiger partial charge in [-0.2, -0.15) is 0 Å². The van der Waals surface area contributed by atoms with Gasteiger partial charge in [-0.05, 0) is 25.0 Å². The Morgan fingerprint density at radius 2 is 1.60 bits per heavy atom. The Labute approximate surface area is 132 Å². The van der Waals surface area contributed by atoms with Gasteiger partial charge in [0.1, 0.15) is 0 Å². The maximum atomic E-state index is 12.2. The van der Waals surface area contributed by atoms with Gasteiger partial charge < -0.3 is 0 Å². The smallest absolute Gasteiger partial charge is 0.163 e. The number of hydrogen-bond donors (Lipinski definition) is 0. The van der Waals surface area contributed by atoms with Crippen molar-refractivity contribution in [1.82, 2.24) is 0 Å². The zero-order valence-corrected chi connectivity index (χ0v) is 14.5. The van der Waals surface area contributed by atoms with Crippen molar-refractivity contribution in [1.29, 1.82) is 0 Å². The number of Topliss-reactive ketones (excluding diaryl/α,β-unsaturated/α-hetero) is 1. The molecule has 0 aliphatic rings. The Morgan fingerprint density at radius 1 is 1.00 bits per heavy atom. The Morgan fingerprint density at radius 3 is 2.25 bits per heavy atom. The molecule has 1 aromatic carbocycles. The van der Waals surface area contributed by atoms with Gasteiger partial charge in [0, 0.05) is 16.5 Å². The van der Waals surface area contributed by atoms with E-state index in [2.05, 4.69) is 22.9 Å². The Bertz CT molecular complexity index is 412. The van der Waals surface area contributed by atoms with E-state index in [1.807, 2.05) is 25.1 Å². The monoisotopic (exact) mass is 338 g/mol. The Kier molecular flexibility index (Phi) is 8.84. The summed E-state index contributed by atoms with van der Waals surface area (Å²) in [5, 5.41) is 0. The fraction of sp³-hybridized carbons (Fsp3) is 0.611. The van der Waals surface area contributed by atoms with Gasteiger partial charge >= 0.3 is 0 Å². The lowest BCUT2D eigenvalue weighted by atomic mass is 10.00. The predicted octanol–water partition coefficient (Wildman–Crippen LogP) is 6.47. The molecular formula is C18H27BrO. The van der Waals surface area contributed by atoms with Gasteiger partial charge in [0.2, 0.25) is 0 Å². The molecule has 0 heterocycles. The zero-order chi connectivity index (χ0) is 14.8. The van der Waals surface area contributed by atoms with Crippen LogP contribution < -0.4 is 0 Å². The van der Waals surface area contributed by atoms with Gasteiger partial charge in [-0.15, -0.1) is 0 Å². The van der Waals surface area contributed by atoms with Crippen LogP contribution in [-0.4, -0.2) is 5.78 Å². The summed E-state index contributed by atoms with van der Waals surface area (Å²) in [5.74, 6) is 0.287. The average Bonchev–Trinajstić information content (AvgIpc) is 2.44. The van der Waals surface area contributed by atoms with E-state index in [1.54, 1.807) is 0 Å². The van der Waals surface area contributed by atoms with Crippen LogP contribution in [0, 0.1) is 6.92 Å². The van der Waals surface area contributed by atoms with Gasteiger partial charge in [0.05, 0.1) is 0 Å². The molecule has 0 amide bonds. The number of hydrogen-bond acceptors (Lipinski definition) is 1. The van der Waals surface area contributed by atoms with Crippen molar-refractivity contribution in [2.24, 2.45) is 0 Å². The third-order valence-corrected chi connectivity index (χ3v) is 4.68. The van der Waals surface area contributed by atoms with Gasteiger partial charge in [0.15, 0.2) is 5.78 Å². The van der Waals surface area contributed by atoms with E-state index in [9.17, 15) is 4.79 Å². The molecule has 0 spiro atoms. The van der Waals surface area contributed by atoms with Crippen molar-refractivity contribution in [2.45, 2.75) is 71.6 Å². The second-order valence-corrected chi connectivity index (χ2v) is 6.41. The standard InChI is InChI=1S/C18H27BrO/c1-3-4-5-6-7-8-9-10-14-18(20)16-12-11-13-17(19)15(16)2/h11-13H,3-10,14H2,1-2H3. The van der Waals surface area contributed by atoms with Gasteiger partial charge in [-0.25, -0.2) is 0 Å². The maximum Gasteiger partial charge on any atom is 0.163 e. The summed E-state index contributed by atoms with van der Waals surface area (Å²) >= 11 is 3.49. The number of carbonyl (C=O) groups is 1. The van der Waals surface area contributed by atoms with Crippen molar-refractivity contribution in [3.8, 4) is 0 Å². The third kappa shape index (κ3) is 6.21. The van der Waals surface area contributed by atoms with Gasteiger partial charge in [0.25, 0.3) is 0 Å². The molecule has 0 unspecified atom stereocenters. The molecule has 0 saturated heterocycles. The highest BCUT2D eigenvalue weighted by Gasteiger charge is 2.10. The highest BCUT2D eigenvalue weighted by molar-refractivity contribution is 9.10. The van der Waals surface area contributed by atoms with Crippen molar-refractivity contribution in [2.75, 3.05) is 0 Å². The zero-order valence-electron chi connectivity index (χ0n) is 12.9. The van der Waals surface area contributed by atoms with Gasteiger partial charge in [-0.1, -0.05) is 79.9 Å². The molecule has 0 radical (unpaired) electrons. The largest absolute Gasteiger partial charge is 0.294 e. The molecule has 1 rings (SSSR count). The summed E-state index contributed by atoms with van der Waals surface area (Å²) in [4.78, 5) is 12.2. The summed E-state index contributed by atoms with van der Waals surface area (Å²) in [6, 6.07) is 5.87. The first-order valence-corrected chi connectivity index (χ1v) is 8.74. The molecule has 20 heavy (non-hydrogen) atoms. The summed E-state index contributed by atoms with van der Waals surface area (Å²) in [6.07, 6.45) is 10.9. The van der Waals surface area contributed by atoms with Crippen LogP contribution in [0.3, 0.4) is 0 Å². The van der Waals surface area contributed by atoms with Crippen molar-refractivity contribution < 1.29 is 4.79 Å². The van der Waals surface area contributed by atoms with E-state index in [0.29, 0.717) is 6.42 Å². The van der Waals surface area contributed by atoms with Crippen LogP contribution in [0.25, 0.3) is 0 Å². The van der Waals surface area contributed by atoms with Crippen molar-refractivity contribution in [3.63, 3.8) is 0 Å². The van der Waals surface area contributed by atoms with Gasteiger partial charge in [-0.3, -0.25) is 4.79 Å². The number of carbonyl (C=O) groups excluding carboxylic acids is 1. The van der Waals surface area contributed by atoms with Crippen LogP contribution in [-0.2, 0) is 0 Å². The fourth-order valence-corrected chi connectivity index (χ4v) is 2.83. The number of unbranched alkanes of at least 4 members (excludes halogenated alkanes) is 7. The third-order valence-electron chi connectivity index (χ3n) is 3.83. The van der Waals surface area contributed by atoms with Crippen LogP contribution in [0.1, 0.15) is 80.6 Å². The van der Waals surface area contributed by atoms with Crippen LogP contribution in [0.2, 0.25) is 0 Å². The molecule has 0 aliphatic carbocycles. The lowest BCUT2D eigenvalue weighted by Gasteiger charge is -2.06. The summed E-state index contributed by atoms with van der Waals surface area (Å²) < 4.78 is 1.03. The van der Waals surface area contributed by atoms with E-state index >= 15 is 0 Å². The van der Waals surface area contributed by atoms with E-state index in [4.69, 9.17) is 0 Å². The van der Waals surface area contributed by atoms with Crippen LogP contribution in [0.5, 0.6) is 0 Å². The minimum absolute atomic E-state index is 0.287. The molecule has 0 aromatic heterocycles. The minimum Gasteiger partial charge on any atom is -0.294 e. The Balaban J connectivity index is 2.19. The van der Waals surface area contributed by atoms with E-state index in [0.717, 1.165) is 22.0 Å². The van der Waals surface area contributed by atoms with Crippen LogP contribution in [0.15, 0.2) is 22.7 Å². The first-order chi connectivity index (χ1) is 9.66. The molecule has 0 fully saturated rings. The maximum absolute atomic E-state index is 12.2. The van der Waals surface area contributed by atoms with Crippen LogP contribution >= 0.6 is 15.9 Å². The minimum atomic E-state index is 0.287. The molecular weight excluding hydrogens is 312 g/mol. The topological polar surface area (TPSA) is 17.1 Å². The molecule has 0 atom stereocenters. The molecule has 1 aromatic rings. The van der Waals surface area contributed by atoms with E-state index in [-0.39, 0.29) is 5.78 Å². The highest BCUT2D eigenvalue weighted by atomic mass is 79.9. The first kappa shape index (κ1) is 17.4. The summed E-state index contributed by atoms with van der Waals surface area (Å²) in [6.45, 7) is 4.25. The molecule has 112 valence electrons.